The van der Waals surface area contributed by atoms with E-state index in [9.17, 15) is 13.6 Å². The highest BCUT2D eigenvalue weighted by molar-refractivity contribution is 6.06. The number of rotatable bonds is 3. The second kappa shape index (κ2) is 5.05. The predicted octanol–water partition coefficient (Wildman–Crippen LogP) is 2.21. The van der Waals surface area contributed by atoms with E-state index >= 15 is 0 Å². The number of hydrogen-bond acceptors (Lipinski definition) is 5. The van der Waals surface area contributed by atoms with Gasteiger partial charge >= 0.3 is 12.6 Å². The zero-order chi connectivity index (χ0) is 14.0. The summed E-state index contributed by atoms with van der Waals surface area (Å²) in [5.41, 5.74) is 5.99. The van der Waals surface area contributed by atoms with Gasteiger partial charge < -0.3 is 15.2 Å². The first kappa shape index (κ1) is 13.0. The van der Waals surface area contributed by atoms with Crippen molar-refractivity contribution < 1.29 is 23.0 Å². The van der Waals surface area contributed by atoms with Crippen molar-refractivity contribution in [3.05, 3.63) is 30.0 Å². The van der Waals surface area contributed by atoms with Crippen LogP contribution in [0.25, 0.3) is 10.9 Å². The number of nitrogen functional groups attached to an aromatic ring is 1. The Hall–Kier alpha value is -2.44. The zero-order valence-electron chi connectivity index (χ0n) is 9.89. The third-order valence-corrected chi connectivity index (χ3v) is 2.52. The molecule has 0 saturated carbocycles. The molecule has 1 aromatic heterocycles. The summed E-state index contributed by atoms with van der Waals surface area (Å²) in [6.45, 7) is -3.02. The molecule has 0 unspecified atom stereocenters. The van der Waals surface area contributed by atoms with Crippen LogP contribution in [0.5, 0.6) is 5.75 Å². The average molecular weight is 268 g/mol. The number of carbonyl (C=O) groups is 1. The maximum atomic E-state index is 12.4. The molecule has 0 radical (unpaired) electrons. The Kier molecular flexibility index (Phi) is 3.46. The second-order valence-corrected chi connectivity index (χ2v) is 3.61. The predicted molar refractivity (Wildman–Crippen MR) is 64.1 cm³/mol. The van der Waals surface area contributed by atoms with Crippen LogP contribution >= 0.6 is 0 Å². The zero-order valence-corrected chi connectivity index (χ0v) is 9.89. The highest BCUT2D eigenvalue weighted by atomic mass is 19.3. The van der Waals surface area contributed by atoms with Gasteiger partial charge in [-0.05, 0) is 18.2 Å². The minimum atomic E-state index is -3.02. The molecule has 0 spiro atoms. The van der Waals surface area contributed by atoms with E-state index in [4.69, 9.17) is 5.73 Å². The average Bonchev–Trinajstić information content (AvgIpc) is 2.40. The third-order valence-electron chi connectivity index (χ3n) is 2.52. The monoisotopic (exact) mass is 268 g/mol. The fraction of sp³-hybridized carbons (Fsp3) is 0.167. The first-order chi connectivity index (χ1) is 9.04. The molecule has 0 atom stereocenters. The topological polar surface area (TPSA) is 74.4 Å². The Labute approximate surface area is 106 Å². The number of fused-ring (bicyclic) bond motifs is 1. The van der Waals surface area contributed by atoms with Crippen LogP contribution < -0.4 is 10.5 Å². The molecule has 0 fully saturated rings. The van der Waals surface area contributed by atoms with Gasteiger partial charge in [-0.2, -0.15) is 8.78 Å². The number of ether oxygens (including phenoxy) is 2. The SMILES string of the molecule is COC(=O)c1cc(OC(F)F)c2cccnc2c1N. The van der Waals surface area contributed by atoms with Gasteiger partial charge in [-0.1, -0.05) is 0 Å². The lowest BCUT2D eigenvalue weighted by Crippen LogP contribution is -2.09. The fourth-order valence-corrected chi connectivity index (χ4v) is 1.71. The van der Waals surface area contributed by atoms with E-state index < -0.39 is 12.6 Å². The summed E-state index contributed by atoms with van der Waals surface area (Å²) >= 11 is 0. The molecule has 19 heavy (non-hydrogen) atoms. The lowest BCUT2D eigenvalue weighted by atomic mass is 10.1. The van der Waals surface area contributed by atoms with Crippen LogP contribution in [0.3, 0.4) is 0 Å². The van der Waals surface area contributed by atoms with Crippen LogP contribution in [-0.2, 0) is 4.74 Å². The van der Waals surface area contributed by atoms with Crippen molar-refractivity contribution in [2.75, 3.05) is 12.8 Å². The van der Waals surface area contributed by atoms with Crippen molar-refractivity contribution in [3.8, 4) is 5.75 Å². The molecule has 2 aromatic rings. The van der Waals surface area contributed by atoms with Gasteiger partial charge in [0.25, 0.3) is 0 Å². The van der Waals surface area contributed by atoms with E-state index in [1.807, 2.05) is 0 Å². The number of benzene rings is 1. The summed E-state index contributed by atoms with van der Waals surface area (Å²) in [6, 6.07) is 4.20. The molecule has 0 saturated heterocycles. The number of nitrogens with two attached hydrogens (primary N) is 1. The van der Waals surface area contributed by atoms with Crippen LogP contribution in [0.1, 0.15) is 10.4 Å². The van der Waals surface area contributed by atoms with E-state index in [1.54, 1.807) is 6.07 Å². The number of esters is 1. The van der Waals surface area contributed by atoms with Gasteiger partial charge in [0.2, 0.25) is 0 Å². The summed E-state index contributed by atoms with van der Waals surface area (Å²) < 4.78 is 33.7. The lowest BCUT2D eigenvalue weighted by Gasteiger charge is -2.12. The maximum absolute atomic E-state index is 12.4. The molecule has 0 bridgehead atoms. The van der Waals surface area contributed by atoms with Crippen LogP contribution in [0, 0.1) is 0 Å². The van der Waals surface area contributed by atoms with Crippen molar-refractivity contribution in [3.63, 3.8) is 0 Å². The fourth-order valence-electron chi connectivity index (χ4n) is 1.71. The number of anilines is 1. The molecule has 7 heteroatoms. The molecular formula is C12H10F2N2O3. The van der Waals surface area contributed by atoms with Gasteiger partial charge in [0.15, 0.2) is 0 Å². The highest BCUT2D eigenvalue weighted by Crippen LogP contribution is 2.33. The summed E-state index contributed by atoms with van der Waals surface area (Å²) in [7, 11) is 1.16. The molecule has 2 rings (SSSR count). The molecule has 0 aliphatic carbocycles. The largest absolute Gasteiger partial charge is 0.465 e. The summed E-state index contributed by atoms with van der Waals surface area (Å²) in [4.78, 5) is 15.5. The Morgan fingerprint density at radius 2 is 2.21 bits per heavy atom. The van der Waals surface area contributed by atoms with E-state index in [1.165, 1.54) is 12.3 Å². The van der Waals surface area contributed by atoms with Crippen molar-refractivity contribution in [2.45, 2.75) is 6.61 Å². The molecule has 1 aromatic carbocycles. The van der Waals surface area contributed by atoms with Crippen LogP contribution in [0.4, 0.5) is 14.5 Å². The Bertz CT molecular complexity index is 632. The second-order valence-electron chi connectivity index (χ2n) is 3.61. The molecule has 1 heterocycles. The minimum absolute atomic E-state index is 0.0593. The van der Waals surface area contributed by atoms with Crippen molar-refractivity contribution in [2.24, 2.45) is 0 Å². The molecule has 100 valence electrons. The quantitative estimate of drug-likeness (QED) is 0.682. The first-order valence-corrected chi connectivity index (χ1v) is 5.25. The normalized spacial score (nSPS) is 10.7. The van der Waals surface area contributed by atoms with Crippen LogP contribution in [0.15, 0.2) is 24.4 Å². The molecule has 2 N–H and O–H groups in total. The van der Waals surface area contributed by atoms with Gasteiger partial charge in [0.05, 0.1) is 23.9 Å². The third kappa shape index (κ3) is 2.40. The van der Waals surface area contributed by atoms with Gasteiger partial charge in [-0.3, -0.25) is 4.98 Å². The smallest absolute Gasteiger partial charge is 0.387 e. The lowest BCUT2D eigenvalue weighted by molar-refractivity contribution is -0.0488. The molecular weight excluding hydrogens is 258 g/mol. The maximum Gasteiger partial charge on any atom is 0.387 e. The van der Waals surface area contributed by atoms with Crippen LogP contribution in [-0.4, -0.2) is 24.7 Å². The highest BCUT2D eigenvalue weighted by Gasteiger charge is 2.19. The summed E-state index contributed by atoms with van der Waals surface area (Å²) in [5.74, 6) is -0.920. The molecule has 0 amide bonds. The van der Waals surface area contributed by atoms with E-state index in [0.717, 1.165) is 13.2 Å². The number of hydrogen-bond donors (Lipinski definition) is 1. The van der Waals surface area contributed by atoms with Crippen molar-refractivity contribution >= 4 is 22.6 Å². The Balaban J connectivity index is 2.72. The van der Waals surface area contributed by atoms with Crippen molar-refractivity contribution in [1.29, 1.82) is 0 Å². The number of carbonyl (C=O) groups excluding carboxylic acids is 1. The first-order valence-electron chi connectivity index (χ1n) is 5.25. The van der Waals surface area contributed by atoms with Crippen LogP contribution in [0.2, 0.25) is 0 Å². The van der Waals surface area contributed by atoms with E-state index in [2.05, 4.69) is 14.5 Å². The van der Waals surface area contributed by atoms with Gasteiger partial charge in [0.1, 0.15) is 5.75 Å². The minimum Gasteiger partial charge on any atom is -0.465 e. The number of nitrogens with zero attached hydrogens (tertiary/aromatic N) is 1. The number of halogens is 2. The van der Waals surface area contributed by atoms with Crippen molar-refractivity contribution in [1.82, 2.24) is 4.98 Å². The number of methoxy groups -OCH3 is 1. The van der Waals surface area contributed by atoms with Gasteiger partial charge in [0, 0.05) is 11.6 Å². The van der Waals surface area contributed by atoms with Gasteiger partial charge in [-0.25, -0.2) is 4.79 Å². The Morgan fingerprint density at radius 1 is 1.47 bits per heavy atom. The Morgan fingerprint density at radius 3 is 2.84 bits per heavy atom. The van der Waals surface area contributed by atoms with E-state index in [0.29, 0.717) is 5.39 Å². The van der Waals surface area contributed by atoms with E-state index in [-0.39, 0.29) is 22.5 Å². The van der Waals surface area contributed by atoms with Gasteiger partial charge in [-0.15, -0.1) is 0 Å². The summed E-state index contributed by atoms with van der Waals surface area (Å²) in [6.07, 6.45) is 1.44. The standard InChI is InChI=1S/C12H10F2N2O3/c1-18-11(17)7-5-8(19-12(13)14)6-3-2-4-16-10(6)9(7)15/h2-5,12H,15H2,1H3. The number of pyridine rings is 1. The summed E-state index contributed by atoms with van der Waals surface area (Å²) in [5, 5.41) is 0.299. The molecule has 0 aliphatic rings. The number of alkyl halides is 2. The molecule has 0 aliphatic heterocycles. The number of aromatic nitrogens is 1. The molecule has 5 nitrogen and oxygen atoms in total.